The second-order valence-electron chi connectivity index (χ2n) is 1.98. The Bertz CT molecular complexity index is 165. The lowest BCUT2D eigenvalue weighted by Gasteiger charge is -1.71. The third-order valence-electron chi connectivity index (χ3n) is 0.595. The van der Waals surface area contributed by atoms with Crippen molar-refractivity contribution in [1.82, 2.24) is 0 Å². The lowest BCUT2D eigenvalue weighted by atomic mass is 10.4. The Morgan fingerprint density at radius 2 is 1.60 bits per heavy atom. The summed E-state index contributed by atoms with van der Waals surface area (Å²) in [6, 6.07) is 0. The Morgan fingerprint density at radius 1 is 1.40 bits per heavy atom. The van der Waals surface area contributed by atoms with Gasteiger partial charge in [-0.05, 0) is 19.4 Å². The quantitative estimate of drug-likeness (QED) is 0.382. The molecule has 0 saturated heterocycles. The first-order valence-corrected chi connectivity index (χ1v) is 2.94. The molecule has 10 heavy (non-hydrogen) atoms. The topological polar surface area (TPSA) is 0 Å². The molecular formula is C10H14. The lowest BCUT2D eigenvalue weighted by molar-refractivity contribution is 1.58. The van der Waals surface area contributed by atoms with Crippen LogP contribution in [0.3, 0.4) is 0 Å². The zero-order valence-corrected chi connectivity index (χ0v) is 6.78. The van der Waals surface area contributed by atoms with Gasteiger partial charge in [0.2, 0.25) is 0 Å². The predicted molar refractivity (Wildman–Crippen MR) is 48.7 cm³/mol. The van der Waals surface area contributed by atoms with Crippen LogP contribution in [0.5, 0.6) is 0 Å². The molecule has 0 amide bonds. The summed E-state index contributed by atoms with van der Waals surface area (Å²) in [5.41, 5.74) is 1.80. The fourth-order valence-corrected chi connectivity index (χ4v) is 0. The zero-order valence-electron chi connectivity index (χ0n) is 6.78. The molecule has 0 N–H and O–H groups in total. The van der Waals surface area contributed by atoms with Crippen LogP contribution >= 0.6 is 0 Å². The SMILES string of the molecule is C#CC(=C)C.C=CC(=C)C. The highest BCUT2D eigenvalue weighted by molar-refractivity contribution is 5.17. The molecule has 0 spiro atoms. The first kappa shape index (κ1) is 11.6. The van der Waals surface area contributed by atoms with Gasteiger partial charge in [0.1, 0.15) is 0 Å². The van der Waals surface area contributed by atoms with Crippen LogP contribution in [-0.2, 0) is 0 Å². The Labute approximate surface area is 64.0 Å². The standard InChI is InChI=1S/C5H8.C5H6/c2*1-4-5(2)3/h4H,1-2H2,3H3;1H,2H2,3H3. The Kier molecular flexibility index (Phi) is 8.99. The maximum Gasteiger partial charge on any atom is -0.00853 e. The van der Waals surface area contributed by atoms with Crippen LogP contribution in [0.15, 0.2) is 37.0 Å². The molecule has 0 rings (SSSR count). The summed E-state index contributed by atoms with van der Waals surface area (Å²) in [5, 5.41) is 0. The molecule has 0 heteroatoms. The van der Waals surface area contributed by atoms with E-state index in [1.54, 1.807) is 13.0 Å². The lowest BCUT2D eigenvalue weighted by Crippen LogP contribution is -1.52. The normalized spacial score (nSPS) is 6.10. The van der Waals surface area contributed by atoms with E-state index < -0.39 is 0 Å². The van der Waals surface area contributed by atoms with Gasteiger partial charge >= 0.3 is 0 Å². The number of hydrogen-bond acceptors (Lipinski definition) is 0. The minimum atomic E-state index is 0.782. The van der Waals surface area contributed by atoms with Gasteiger partial charge in [-0.3, -0.25) is 0 Å². The molecule has 0 atom stereocenters. The monoisotopic (exact) mass is 134 g/mol. The summed E-state index contributed by atoms with van der Waals surface area (Å²) >= 11 is 0. The van der Waals surface area contributed by atoms with E-state index in [0.29, 0.717) is 0 Å². The van der Waals surface area contributed by atoms with Crippen LogP contribution in [0.2, 0.25) is 0 Å². The Balaban J connectivity index is 0. The summed E-state index contributed by atoms with van der Waals surface area (Å²) in [6.45, 7) is 14.2. The molecule has 0 radical (unpaired) electrons. The Hall–Kier alpha value is -1.22. The van der Waals surface area contributed by atoms with E-state index in [4.69, 9.17) is 6.42 Å². The van der Waals surface area contributed by atoms with Crippen LogP contribution in [0.25, 0.3) is 0 Å². The third-order valence-corrected chi connectivity index (χ3v) is 0.595. The average Bonchev–Trinajstić information content (AvgIpc) is 1.89. The fraction of sp³-hybridized carbons (Fsp3) is 0.200. The van der Waals surface area contributed by atoms with Gasteiger partial charge in [0.25, 0.3) is 0 Å². The minimum Gasteiger partial charge on any atom is -0.115 e. The van der Waals surface area contributed by atoms with Gasteiger partial charge in [-0.2, -0.15) is 0 Å². The molecule has 0 aliphatic carbocycles. The van der Waals surface area contributed by atoms with Gasteiger partial charge in [-0.1, -0.05) is 37.3 Å². The van der Waals surface area contributed by atoms with E-state index in [2.05, 4.69) is 25.7 Å². The smallest absolute Gasteiger partial charge is 0.00853 e. The zero-order chi connectivity index (χ0) is 8.57. The van der Waals surface area contributed by atoms with Crippen molar-refractivity contribution >= 4 is 0 Å². The van der Waals surface area contributed by atoms with E-state index in [0.717, 1.165) is 11.1 Å². The van der Waals surface area contributed by atoms with Gasteiger partial charge in [-0.25, -0.2) is 0 Å². The van der Waals surface area contributed by atoms with Crippen molar-refractivity contribution < 1.29 is 0 Å². The van der Waals surface area contributed by atoms with Crippen LogP contribution in [-0.4, -0.2) is 0 Å². The fourth-order valence-electron chi connectivity index (χ4n) is 0. The third kappa shape index (κ3) is 29.3. The van der Waals surface area contributed by atoms with Crippen LogP contribution in [0.1, 0.15) is 13.8 Å². The number of terminal acetylenes is 1. The van der Waals surface area contributed by atoms with E-state index in [-0.39, 0.29) is 0 Å². The van der Waals surface area contributed by atoms with Crippen molar-refractivity contribution in [3.63, 3.8) is 0 Å². The summed E-state index contributed by atoms with van der Waals surface area (Å²) in [5.74, 6) is 2.33. The first-order valence-electron chi connectivity index (χ1n) is 2.94. The van der Waals surface area contributed by atoms with Gasteiger partial charge < -0.3 is 0 Å². The highest BCUT2D eigenvalue weighted by Gasteiger charge is 1.59. The number of hydrogen-bond donors (Lipinski definition) is 0. The molecule has 0 aliphatic rings. The van der Waals surface area contributed by atoms with E-state index in [1.165, 1.54) is 0 Å². The summed E-state index contributed by atoms with van der Waals surface area (Å²) in [6.07, 6.45) is 6.54. The highest BCUT2D eigenvalue weighted by Crippen LogP contribution is 1.81. The van der Waals surface area contributed by atoms with Crippen molar-refractivity contribution in [3.05, 3.63) is 37.0 Å². The van der Waals surface area contributed by atoms with E-state index in [1.807, 2.05) is 6.92 Å². The van der Waals surface area contributed by atoms with Crippen LogP contribution < -0.4 is 0 Å². The maximum absolute atomic E-state index is 4.82. The largest absolute Gasteiger partial charge is 0.115 e. The van der Waals surface area contributed by atoms with Crippen LogP contribution in [0, 0.1) is 12.3 Å². The molecule has 0 bridgehead atoms. The maximum atomic E-state index is 4.82. The number of allylic oxidation sites excluding steroid dienone is 3. The second-order valence-corrected chi connectivity index (χ2v) is 1.98. The minimum absolute atomic E-state index is 0.782. The highest BCUT2D eigenvalue weighted by atomic mass is 13.7. The van der Waals surface area contributed by atoms with Crippen LogP contribution in [0.4, 0.5) is 0 Å². The summed E-state index contributed by atoms with van der Waals surface area (Å²) in [7, 11) is 0. The molecule has 54 valence electrons. The molecule has 0 saturated carbocycles. The molecule has 0 aromatic heterocycles. The van der Waals surface area contributed by atoms with E-state index in [9.17, 15) is 0 Å². The predicted octanol–water partition coefficient (Wildman–Crippen LogP) is 2.94. The molecule has 0 heterocycles. The average molecular weight is 134 g/mol. The van der Waals surface area contributed by atoms with Gasteiger partial charge in [-0.15, -0.1) is 6.42 Å². The summed E-state index contributed by atoms with van der Waals surface area (Å²) in [4.78, 5) is 0. The molecule has 0 unspecified atom stereocenters. The summed E-state index contributed by atoms with van der Waals surface area (Å²) < 4.78 is 0. The first-order chi connectivity index (χ1) is 4.54. The molecular weight excluding hydrogens is 120 g/mol. The van der Waals surface area contributed by atoms with Crippen molar-refractivity contribution in [3.8, 4) is 12.3 Å². The molecule has 0 aliphatic heterocycles. The van der Waals surface area contributed by atoms with Crippen molar-refractivity contribution in [2.75, 3.05) is 0 Å². The molecule has 0 fully saturated rings. The second kappa shape index (κ2) is 7.78. The van der Waals surface area contributed by atoms with Crippen molar-refractivity contribution in [1.29, 1.82) is 0 Å². The van der Waals surface area contributed by atoms with E-state index >= 15 is 0 Å². The number of rotatable bonds is 1. The van der Waals surface area contributed by atoms with Gasteiger partial charge in [0, 0.05) is 0 Å². The van der Waals surface area contributed by atoms with Gasteiger partial charge in [0.05, 0.1) is 0 Å². The van der Waals surface area contributed by atoms with Crippen molar-refractivity contribution in [2.45, 2.75) is 13.8 Å². The van der Waals surface area contributed by atoms with Gasteiger partial charge in [0.15, 0.2) is 0 Å². The van der Waals surface area contributed by atoms with Crippen molar-refractivity contribution in [2.24, 2.45) is 0 Å². The molecule has 0 aromatic carbocycles. The Morgan fingerprint density at radius 3 is 1.60 bits per heavy atom. The molecule has 0 nitrogen and oxygen atoms in total. The molecule has 0 aromatic rings.